The van der Waals surface area contributed by atoms with Gasteiger partial charge in [0.25, 0.3) is 0 Å². The first kappa shape index (κ1) is 19.4. The first-order valence-corrected chi connectivity index (χ1v) is 11.4. The summed E-state index contributed by atoms with van der Waals surface area (Å²) in [5, 5.41) is 13.4. The minimum absolute atomic E-state index is 0.485. The number of H-pyrrole nitrogens is 1. The Morgan fingerprint density at radius 3 is 2.91 bits per heavy atom. The van der Waals surface area contributed by atoms with Crippen molar-refractivity contribution in [1.82, 2.24) is 34.8 Å². The van der Waals surface area contributed by atoms with E-state index >= 15 is 0 Å². The fourth-order valence-electron chi connectivity index (χ4n) is 4.90. The van der Waals surface area contributed by atoms with Gasteiger partial charge in [-0.3, -0.25) is 10.00 Å². The van der Waals surface area contributed by atoms with E-state index in [1.165, 1.54) is 5.69 Å². The number of nitrogens with zero attached hydrogens (tertiary/aromatic N) is 6. The zero-order valence-electron chi connectivity index (χ0n) is 18.3. The summed E-state index contributed by atoms with van der Waals surface area (Å²) in [6.07, 6.45) is 5.06. The number of aromatic amines is 1. The molecule has 5 heterocycles. The Morgan fingerprint density at radius 1 is 1.12 bits per heavy atom. The number of ether oxygens (including phenoxy) is 1. The topological polar surface area (TPSA) is 84.8 Å². The highest BCUT2D eigenvalue weighted by molar-refractivity contribution is 5.80. The van der Waals surface area contributed by atoms with Crippen molar-refractivity contribution in [3.63, 3.8) is 0 Å². The molecule has 2 aliphatic rings. The van der Waals surface area contributed by atoms with Gasteiger partial charge in [-0.2, -0.15) is 10.2 Å². The summed E-state index contributed by atoms with van der Waals surface area (Å²) in [5.74, 6) is 2.24. The number of nitrogens with one attached hydrogen (secondary N) is 1. The molecule has 1 saturated heterocycles. The molecule has 0 aliphatic carbocycles. The van der Waals surface area contributed by atoms with Gasteiger partial charge in [0.1, 0.15) is 5.82 Å². The number of piperidine rings is 1. The molecule has 0 saturated carbocycles. The van der Waals surface area contributed by atoms with Crippen LogP contribution in [0.15, 0.2) is 36.5 Å². The molecule has 2 aliphatic heterocycles. The average molecular weight is 430 g/mol. The Labute approximate surface area is 186 Å². The SMILES string of the molecule is Cc1nc(CN2CCC(c3cc(-c4cnn5c4OCCC5)n[nH]3)CC2)nc2ccccc12. The van der Waals surface area contributed by atoms with Crippen molar-refractivity contribution in [2.24, 2.45) is 0 Å². The van der Waals surface area contributed by atoms with Crippen LogP contribution < -0.4 is 4.74 Å². The van der Waals surface area contributed by atoms with E-state index in [4.69, 9.17) is 14.7 Å². The van der Waals surface area contributed by atoms with Crippen LogP contribution in [-0.4, -0.2) is 54.5 Å². The fourth-order valence-corrected chi connectivity index (χ4v) is 4.90. The summed E-state index contributed by atoms with van der Waals surface area (Å²) < 4.78 is 7.77. The molecular formula is C24H27N7O. The molecule has 1 fully saturated rings. The third-order valence-electron chi connectivity index (χ3n) is 6.65. The molecule has 0 atom stereocenters. The van der Waals surface area contributed by atoms with E-state index < -0.39 is 0 Å². The van der Waals surface area contributed by atoms with Crippen molar-refractivity contribution in [3.8, 4) is 17.1 Å². The molecule has 1 N–H and O–H groups in total. The number of aryl methyl sites for hydroxylation is 2. The first-order chi connectivity index (χ1) is 15.7. The molecule has 0 spiro atoms. The lowest BCUT2D eigenvalue weighted by Crippen LogP contribution is -2.33. The van der Waals surface area contributed by atoms with Crippen LogP contribution in [0.4, 0.5) is 0 Å². The van der Waals surface area contributed by atoms with Gasteiger partial charge in [-0.25, -0.2) is 14.6 Å². The highest BCUT2D eigenvalue weighted by Crippen LogP contribution is 2.34. The molecule has 1 aromatic carbocycles. The summed E-state index contributed by atoms with van der Waals surface area (Å²) in [7, 11) is 0. The zero-order chi connectivity index (χ0) is 21.5. The van der Waals surface area contributed by atoms with Gasteiger partial charge in [0.15, 0.2) is 0 Å². The molecule has 4 aromatic rings. The zero-order valence-corrected chi connectivity index (χ0v) is 18.3. The third-order valence-corrected chi connectivity index (χ3v) is 6.65. The maximum atomic E-state index is 5.84. The van der Waals surface area contributed by atoms with Crippen molar-refractivity contribution in [2.75, 3.05) is 19.7 Å². The van der Waals surface area contributed by atoms with Gasteiger partial charge in [-0.15, -0.1) is 0 Å². The quantitative estimate of drug-likeness (QED) is 0.533. The standard InChI is InChI=1S/C24H27N7O/c1-16-18-5-2-3-6-20(18)27-23(26-16)15-30-10-7-17(8-11-30)21-13-22(29-28-21)19-14-25-31-9-4-12-32-24(19)31/h2-3,5-6,13-14,17H,4,7-12,15H2,1H3,(H,28,29). The lowest BCUT2D eigenvalue weighted by Gasteiger charge is -2.30. The lowest BCUT2D eigenvalue weighted by molar-refractivity contribution is 0.199. The summed E-state index contributed by atoms with van der Waals surface area (Å²) in [6.45, 7) is 6.58. The molecular weight excluding hydrogens is 402 g/mol. The Hall–Kier alpha value is -3.26. The van der Waals surface area contributed by atoms with Crippen LogP contribution >= 0.6 is 0 Å². The number of aromatic nitrogens is 6. The lowest BCUT2D eigenvalue weighted by atomic mass is 9.93. The van der Waals surface area contributed by atoms with E-state index in [0.717, 1.165) is 91.6 Å². The summed E-state index contributed by atoms with van der Waals surface area (Å²) >= 11 is 0. The van der Waals surface area contributed by atoms with Gasteiger partial charge >= 0.3 is 0 Å². The van der Waals surface area contributed by atoms with E-state index in [1.54, 1.807) is 0 Å². The van der Waals surface area contributed by atoms with Crippen molar-refractivity contribution >= 4 is 10.9 Å². The van der Waals surface area contributed by atoms with Crippen LogP contribution in [-0.2, 0) is 13.1 Å². The molecule has 0 radical (unpaired) electrons. The van der Waals surface area contributed by atoms with E-state index in [-0.39, 0.29) is 0 Å². The minimum atomic E-state index is 0.485. The Kier molecular flexibility index (Phi) is 4.87. The second kappa shape index (κ2) is 8.02. The number of likely N-dealkylation sites (tertiary alicyclic amines) is 1. The Balaban J connectivity index is 1.12. The maximum Gasteiger partial charge on any atom is 0.221 e. The van der Waals surface area contributed by atoms with Gasteiger partial charge < -0.3 is 4.74 Å². The van der Waals surface area contributed by atoms with E-state index in [2.05, 4.69) is 45.3 Å². The molecule has 32 heavy (non-hydrogen) atoms. The number of fused-ring (bicyclic) bond motifs is 2. The van der Waals surface area contributed by atoms with Crippen LogP contribution in [0.2, 0.25) is 0 Å². The summed E-state index contributed by atoms with van der Waals surface area (Å²) in [6, 6.07) is 10.4. The van der Waals surface area contributed by atoms with Crippen LogP contribution in [0.25, 0.3) is 22.2 Å². The number of benzene rings is 1. The maximum absolute atomic E-state index is 5.84. The van der Waals surface area contributed by atoms with E-state index in [1.807, 2.05) is 23.0 Å². The van der Waals surface area contributed by atoms with E-state index in [9.17, 15) is 0 Å². The number of hydrogen-bond acceptors (Lipinski definition) is 6. The number of hydrogen-bond donors (Lipinski definition) is 1. The van der Waals surface area contributed by atoms with Crippen molar-refractivity contribution < 1.29 is 4.74 Å². The smallest absolute Gasteiger partial charge is 0.221 e. The van der Waals surface area contributed by atoms with Gasteiger partial charge in [0.05, 0.1) is 36.1 Å². The van der Waals surface area contributed by atoms with Gasteiger partial charge in [-0.05, 0) is 45.0 Å². The predicted molar refractivity (Wildman–Crippen MR) is 121 cm³/mol. The average Bonchev–Trinajstić information content (AvgIpc) is 3.47. The molecule has 6 rings (SSSR count). The third kappa shape index (κ3) is 3.54. The molecule has 0 bridgehead atoms. The Morgan fingerprint density at radius 2 is 2.00 bits per heavy atom. The largest absolute Gasteiger partial charge is 0.477 e. The van der Waals surface area contributed by atoms with Crippen LogP contribution in [0.5, 0.6) is 5.88 Å². The van der Waals surface area contributed by atoms with Crippen molar-refractivity contribution in [2.45, 2.75) is 45.2 Å². The molecule has 164 valence electrons. The second-order valence-corrected chi connectivity index (χ2v) is 8.79. The fraction of sp³-hybridized carbons (Fsp3) is 0.417. The van der Waals surface area contributed by atoms with Gasteiger partial charge in [-0.1, -0.05) is 18.2 Å². The molecule has 8 heteroatoms. The van der Waals surface area contributed by atoms with Crippen molar-refractivity contribution in [1.29, 1.82) is 0 Å². The van der Waals surface area contributed by atoms with Crippen LogP contribution in [0, 0.1) is 6.92 Å². The van der Waals surface area contributed by atoms with Gasteiger partial charge in [0, 0.05) is 35.7 Å². The molecule has 3 aromatic heterocycles. The monoisotopic (exact) mass is 429 g/mol. The van der Waals surface area contributed by atoms with Crippen LogP contribution in [0.3, 0.4) is 0 Å². The van der Waals surface area contributed by atoms with Crippen molar-refractivity contribution in [3.05, 3.63) is 53.7 Å². The Bertz CT molecular complexity index is 1250. The highest BCUT2D eigenvalue weighted by atomic mass is 16.5. The second-order valence-electron chi connectivity index (χ2n) is 8.79. The van der Waals surface area contributed by atoms with Crippen LogP contribution in [0.1, 0.15) is 42.4 Å². The van der Waals surface area contributed by atoms with Gasteiger partial charge in [0.2, 0.25) is 5.88 Å². The normalized spacial score (nSPS) is 17.4. The molecule has 0 unspecified atom stereocenters. The highest BCUT2D eigenvalue weighted by Gasteiger charge is 2.25. The first-order valence-electron chi connectivity index (χ1n) is 11.4. The number of rotatable bonds is 4. The predicted octanol–water partition coefficient (Wildman–Crippen LogP) is 3.69. The van der Waals surface area contributed by atoms with E-state index in [0.29, 0.717) is 5.92 Å². The summed E-state index contributed by atoms with van der Waals surface area (Å²) in [5.41, 5.74) is 5.19. The molecule has 0 amide bonds. The number of para-hydroxylation sites is 1. The summed E-state index contributed by atoms with van der Waals surface area (Å²) in [4.78, 5) is 12.0. The molecule has 8 nitrogen and oxygen atoms in total. The minimum Gasteiger partial charge on any atom is -0.477 e.